The number of hydrogen-bond donors (Lipinski definition) is 1. The standard InChI is InChI=1S/C14H23N3O2/c1-17-7-3-4-13(11-17)16-12-5-6-14(15-10-12)19-9-8-18-2/h5-6,10,13,16H,3-4,7-9,11H2,1-2H3. The highest BCUT2D eigenvalue weighted by Gasteiger charge is 2.16. The van der Waals surface area contributed by atoms with Crippen molar-refractivity contribution >= 4 is 5.69 Å². The van der Waals surface area contributed by atoms with Crippen molar-refractivity contribution in [1.29, 1.82) is 0 Å². The zero-order chi connectivity index (χ0) is 13.5. The summed E-state index contributed by atoms with van der Waals surface area (Å²) in [7, 11) is 3.82. The Hall–Kier alpha value is -1.33. The average molecular weight is 265 g/mol. The lowest BCUT2D eigenvalue weighted by Gasteiger charge is -2.30. The van der Waals surface area contributed by atoms with Crippen molar-refractivity contribution in [3.05, 3.63) is 18.3 Å². The van der Waals surface area contributed by atoms with Gasteiger partial charge in [0, 0.05) is 25.8 Å². The van der Waals surface area contributed by atoms with E-state index < -0.39 is 0 Å². The third-order valence-corrected chi connectivity index (χ3v) is 3.27. The predicted molar refractivity (Wildman–Crippen MR) is 75.7 cm³/mol. The first kappa shape index (κ1) is 14.1. The molecule has 0 saturated carbocycles. The monoisotopic (exact) mass is 265 g/mol. The second-order valence-electron chi connectivity index (χ2n) is 4.97. The first-order valence-electron chi connectivity index (χ1n) is 6.81. The molecule has 19 heavy (non-hydrogen) atoms. The number of rotatable bonds is 6. The highest BCUT2D eigenvalue weighted by atomic mass is 16.5. The Balaban J connectivity index is 1.81. The molecule has 0 amide bonds. The molecule has 0 radical (unpaired) electrons. The van der Waals surface area contributed by atoms with Crippen molar-refractivity contribution < 1.29 is 9.47 Å². The van der Waals surface area contributed by atoms with Crippen LogP contribution in [-0.2, 0) is 4.74 Å². The average Bonchev–Trinajstić information content (AvgIpc) is 2.41. The molecule has 1 aliphatic rings. The van der Waals surface area contributed by atoms with Crippen LogP contribution < -0.4 is 10.1 Å². The second-order valence-corrected chi connectivity index (χ2v) is 4.97. The fourth-order valence-electron chi connectivity index (χ4n) is 2.30. The Morgan fingerprint density at radius 1 is 1.42 bits per heavy atom. The minimum atomic E-state index is 0.515. The van der Waals surface area contributed by atoms with E-state index in [0.717, 1.165) is 12.2 Å². The molecule has 0 bridgehead atoms. The molecular formula is C14H23N3O2. The van der Waals surface area contributed by atoms with Crippen LogP contribution in [0.2, 0.25) is 0 Å². The van der Waals surface area contributed by atoms with Gasteiger partial charge in [-0.25, -0.2) is 4.98 Å². The summed E-state index contributed by atoms with van der Waals surface area (Å²) in [6, 6.07) is 4.43. The zero-order valence-electron chi connectivity index (χ0n) is 11.8. The molecule has 1 fully saturated rings. The van der Waals surface area contributed by atoms with Crippen LogP contribution in [0, 0.1) is 0 Å². The van der Waals surface area contributed by atoms with Gasteiger partial charge in [0.2, 0.25) is 5.88 Å². The van der Waals surface area contributed by atoms with Crippen LogP contribution in [0.25, 0.3) is 0 Å². The molecule has 106 valence electrons. The fourth-order valence-corrected chi connectivity index (χ4v) is 2.30. The van der Waals surface area contributed by atoms with Crippen molar-refractivity contribution in [2.45, 2.75) is 18.9 Å². The number of anilines is 1. The van der Waals surface area contributed by atoms with E-state index in [1.807, 2.05) is 18.3 Å². The first-order valence-corrected chi connectivity index (χ1v) is 6.81. The largest absolute Gasteiger partial charge is 0.475 e. The summed E-state index contributed by atoms with van der Waals surface area (Å²) in [5, 5.41) is 3.52. The molecule has 0 aromatic carbocycles. The molecule has 1 aliphatic heterocycles. The highest BCUT2D eigenvalue weighted by molar-refractivity contribution is 5.43. The number of nitrogens with one attached hydrogen (secondary N) is 1. The molecular weight excluding hydrogens is 242 g/mol. The van der Waals surface area contributed by atoms with Gasteiger partial charge in [-0.15, -0.1) is 0 Å². The van der Waals surface area contributed by atoms with E-state index in [9.17, 15) is 0 Å². The van der Waals surface area contributed by atoms with Crippen LogP contribution in [0.3, 0.4) is 0 Å². The molecule has 2 heterocycles. The number of pyridine rings is 1. The summed E-state index contributed by atoms with van der Waals surface area (Å²) in [4.78, 5) is 6.64. The van der Waals surface area contributed by atoms with Gasteiger partial charge in [0.05, 0.1) is 18.5 Å². The smallest absolute Gasteiger partial charge is 0.213 e. The van der Waals surface area contributed by atoms with Gasteiger partial charge >= 0.3 is 0 Å². The Kier molecular flexibility index (Phi) is 5.42. The van der Waals surface area contributed by atoms with E-state index in [-0.39, 0.29) is 0 Å². The molecule has 1 aromatic rings. The summed E-state index contributed by atoms with van der Waals surface area (Å²) in [5.41, 5.74) is 1.05. The maximum absolute atomic E-state index is 5.44. The lowest BCUT2D eigenvalue weighted by atomic mass is 10.1. The number of nitrogens with zero attached hydrogens (tertiary/aromatic N) is 2. The summed E-state index contributed by atoms with van der Waals surface area (Å²) in [5.74, 6) is 0.642. The minimum Gasteiger partial charge on any atom is -0.475 e. The van der Waals surface area contributed by atoms with E-state index in [4.69, 9.17) is 9.47 Å². The van der Waals surface area contributed by atoms with Crippen LogP contribution in [0.5, 0.6) is 5.88 Å². The molecule has 1 N–H and O–H groups in total. The maximum Gasteiger partial charge on any atom is 0.213 e. The van der Waals surface area contributed by atoms with E-state index in [0.29, 0.717) is 25.1 Å². The Bertz CT molecular complexity index is 369. The van der Waals surface area contributed by atoms with Crippen molar-refractivity contribution in [2.24, 2.45) is 0 Å². The van der Waals surface area contributed by atoms with Gasteiger partial charge in [0.15, 0.2) is 0 Å². The fraction of sp³-hybridized carbons (Fsp3) is 0.643. The van der Waals surface area contributed by atoms with Crippen LogP contribution in [0.1, 0.15) is 12.8 Å². The van der Waals surface area contributed by atoms with Gasteiger partial charge in [-0.1, -0.05) is 0 Å². The zero-order valence-corrected chi connectivity index (χ0v) is 11.8. The van der Waals surface area contributed by atoms with E-state index in [1.54, 1.807) is 7.11 Å². The lowest BCUT2D eigenvalue weighted by Crippen LogP contribution is -2.39. The second kappa shape index (κ2) is 7.31. The molecule has 1 aromatic heterocycles. The third-order valence-electron chi connectivity index (χ3n) is 3.27. The Morgan fingerprint density at radius 3 is 3.00 bits per heavy atom. The van der Waals surface area contributed by atoms with Crippen LogP contribution in [0.4, 0.5) is 5.69 Å². The first-order chi connectivity index (χ1) is 9.28. The van der Waals surface area contributed by atoms with E-state index in [1.165, 1.54) is 19.4 Å². The number of methoxy groups -OCH3 is 1. The van der Waals surface area contributed by atoms with Gasteiger partial charge in [-0.3, -0.25) is 0 Å². The topological polar surface area (TPSA) is 46.6 Å². The molecule has 0 aliphatic carbocycles. The van der Waals surface area contributed by atoms with Crippen LogP contribution in [-0.4, -0.2) is 56.4 Å². The Labute approximate surface area is 114 Å². The van der Waals surface area contributed by atoms with Gasteiger partial charge < -0.3 is 19.7 Å². The van der Waals surface area contributed by atoms with Crippen molar-refractivity contribution in [3.8, 4) is 5.88 Å². The summed E-state index contributed by atoms with van der Waals surface area (Å²) >= 11 is 0. The van der Waals surface area contributed by atoms with Crippen molar-refractivity contribution in [2.75, 3.05) is 45.8 Å². The molecule has 0 spiro atoms. The number of likely N-dealkylation sites (tertiary alicyclic amines) is 1. The van der Waals surface area contributed by atoms with Crippen LogP contribution in [0.15, 0.2) is 18.3 Å². The van der Waals surface area contributed by atoms with Crippen LogP contribution >= 0.6 is 0 Å². The highest BCUT2D eigenvalue weighted by Crippen LogP contribution is 2.16. The number of piperidine rings is 1. The predicted octanol–water partition coefficient (Wildman–Crippen LogP) is 1.61. The van der Waals surface area contributed by atoms with Crippen molar-refractivity contribution in [1.82, 2.24) is 9.88 Å². The minimum absolute atomic E-state index is 0.515. The molecule has 5 nitrogen and oxygen atoms in total. The molecule has 1 saturated heterocycles. The molecule has 1 atom stereocenters. The van der Waals surface area contributed by atoms with E-state index >= 15 is 0 Å². The molecule has 2 rings (SSSR count). The molecule has 5 heteroatoms. The number of hydrogen-bond acceptors (Lipinski definition) is 5. The summed E-state index contributed by atoms with van der Waals surface area (Å²) < 4.78 is 10.4. The maximum atomic E-state index is 5.44. The van der Waals surface area contributed by atoms with Crippen molar-refractivity contribution in [3.63, 3.8) is 0 Å². The quantitative estimate of drug-likeness (QED) is 0.792. The summed E-state index contributed by atoms with van der Waals surface area (Å²) in [6.07, 6.45) is 4.30. The van der Waals surface area contributed by atoms with Gasteiger partial charge in [0.25, 0.3) is 0 Å². The van der Waals surface area contributed by atoms with Gasteiger partial charge in [-0.05, 0) is 32.5 Å². The SMILES string of the molecule is COCCOc1ccc(NC2CCCN(C)C2)cn1. The number of likely N-dealkylation sites (N-methyl/N-ethyl adjacent to an activating group) is 1. The van der Waals surface area contributed by atoms with Gasteiger partial charge in [-0.2, -0.15) is 0 Å². The Morgan fingerprint density at radius 2 is 2.32 bits per heavy atom. The normalized spacial score (nSPS) is 20.2. The lowest BCUT2D eigenvalue weighted by molar-refractivity contribution is 0.144. The third kappa shape index (κ3) is 4.69. The van der Waals surface area contributed by atoms with E-state index in [2.05, 4.69) is 22.2 Å². The summed E-state index contributed by atoms with van der Waals surface area (Å²) in [6.45, 7) is 3.40. The van der Waals surface area contributed by atoms with Gasteiger partial charge in [0.1, 0.15) is 6.61 Å². The number of aromatic nitrogens is 1. The number of ether oxygens (including phenoxy) is 2. The molecule has 1 unspecified atom stereocenters.